The summed E-state index contributed by atoms with van der Waals surface area (Å²) in [5.41, 5.74) is 6.33. The molecule has 1 aliphatic heterocycles. The lowest BCUT2D eigenvalue weighted by Gasteiger charge is -2.46. The van der Waals surface area contributed by atoms with E-state index in [9.17, 15) is 0 Å². The Kier molecular flexibility index (Phi) is 3.53. The highest BCUT2D eigenvalue weighted by Crippen LogP contribution is 2.43. The van der Waals surface area contributed by atoms with Crippen molar-refractivity contribution in [3.63, 3.8) is 0 Å². The van der Waals surface area contributed by atoms with Crippen molar-refractivity contribution in [2.45, 2.75) is 43.8 Å². The van der Waals surface area contributed by atoms with Crippen LogP contribution in [0.15, 0.2) is 29.4 Å². The zero-order valence-corrected chi connectivity index (χ0v) is 11.4. The second-order valence-corrected chi connectivity index (χ2v) is 5.63. The fourth-order valence-electron chi connectivity index (χ4n) is 2.98. The van der Waals surface area contributed by atoms with Crippen molar-refractivity contribution in [2.24, 2.45) is 10.9 Å². The maximum absolute atomic E-state index is 8.71. The number of benzene rings is 1. The molecule has 1 spiro atoms. The first-order valence-electron chi connectivity index (χ1n) is 7.09. The topological polar surface area (TPSA) is 77.1 Å². The molecule has 1 aromatic carbocycles. The smallest absolute Gasteiger partial charge is 0.170 e. The maximum Gasteiger partial charge on any atom is 0.170 e. The van der Waals surface area contributed by atoms with Gasteiger partial charge in [-0.15, -0.1) is 0 Å². The molecule has 1 aromatic rings. The molecule has 2 fully saturated rings. The normalized spacial score (nSPS) is 25.2. The van der Waals surface area contributed by atoms with E-state index in [0.29, 0.717) is 5.56 Å². The highest BCUT2D eigenvalue weighted by atomic mass is 16.5. The van der Waals surface area contributed by atoms with Crippen LogP contribution in [-0.4, -0.2) is 29.4 Å². The third-order valence-corrected chi connectivity index (χ3v) is 4.25. The van der Waals surface area contributed by atoms with Crippen LogP contribution >= 0.6 is 0 Å². The van der Waals surface area contributed by atoms with Gasteiger partial charge in [-0.25, -0.2) is 0 Å². The summed E-state index contributed by atoms with van der Waals surface area (Å²) < 4.78 is 11.9. The Labute approximate surface area is 118 Å². The average molecular weight is 276 g/mol. The number of hydrogen-bond donors (Lipinski definition) is 2. The minimum Gasteiger partial charge on any atom is -0.490 e. The first-order valence-corrected chi connectivity index (χ1v) is 7.09. The predicted octanol–water partition coefficient (Wildman–Crippen LogP) is 2.26. The Balaban J connectivity index is 1.68. The SMILES string of the molecule is N/C(=N/O)c1cccc(OC2CCOC3(CCC3)C2)c1. The Morgan fingerprint density at radius 2 is 2.30 bits per heavy atom. The Morgan fingerprint density at radius 3 is 3.00 bits per heavy atom. The molecule has 0 aromatic heterocycles. The van der Waals surface area contributed by atoms with Crippen LogP contribution in [0.25, 0.3) is 0 Å². The molecular weight excluding hydrogens is 256 g/mol. The molecule has 2 aliphatic rings. The summed E-state index contributed by atoms with van der Waals surface area (Å²) in [5.74, 6) is 0.855. The third-order valence-electron chi connectivity index (χ3n) is 4.25. The first-order chi connectivity index (χ1) is 9.71. The van der Waals surface area contributed by atoms with Crippen molar-refractivity contribution in [3.05, 3.63) is 29.8 Å². The van der Waals surface area contributed by atoms with E-state index in [0.717, 1.165) is 38.0 Å². The second kappa shape index (κ2) is 5.32. The number of oxime groups is 1. The van der Waals surface area contributed by atoms with E-state index in [1.54, 1.807) is 12.1 Å². The zero-order valence-electron chi connectivity index (χ0n) is 11.4. The molecule has 0 radical (unpaired) electrons. The molecule has 5 nitrogen and oxygen atoms in total. The first kappa shape index (κ1) is 13.2. The quantitative estimate of drug-likeness (QED) is 0.384. The Morgan fingerprint density at radius 1 is 1.45 bits per heavy atom. The van der Waals surface area contributed by atoms with Gasteiger partial charge in [0, 0.05) is 18.4 Å². The Bertz CT molecular complexity index is 512. The largest absolute Gasteiger partial charge is 0.490 e. The molecule has 1 saturated carbocycles. The number of hydrogen-bond acceptors (Lipinski definition) is 4. The van der Waals surface area contributed by atoms with Gasteiger partial charge in [-0.1, -0.05) is 17.3 Å². The van der Waals surface area contributed by atoms with E-state index in [1.807, 2.05) is 12.1 Å². The number of amidine groups is 1. The van der Waals surface area contributed by atoms with Crippen LogP contribution in [0, 0.1) is 0 Å². The third kappa shape index (κ3) is 2.58. The van der Waals surface area contributed by atoms with Gasteiger partial charge in [0.15, 0.2) is 5.84 Å². The molecule has 20 heavy (non-hydrogen) atoms. The predicted molar refractivity (Wildman–Crippen MR) is 75.1 cm³/mol. The number of nitrogens with zero attached hydrogens (tertiary/aromatic N) is 1. The molecule has 5 heteroatoms. The summed E-state index contributed by atoms with van der Waals surface area (Å²) in [4.78, 5) is 0. The van der Waals surface area contributed by atoms with Gasteiger partial charge in [-0.3, -0.25) is 0 Å². The summed E-state index contributed by atoms with van der Waals surface area (Å²) >= 11 is 0. The van der Waals surface area contributed by atoms with Crippen molar-refractivity contribution in [1.29, 1.82) is 0 Å². The van der Waals surface area contributed by atoms with Gasteiger partial charge in [0.2, 0.25) is 0 Å². The van der Waals surface area contributed by atoms with Crippen LogP contribution in [0.1, 0.15) is 37.7 Å². The van der Waals surface area contributed by atoms with E-state index in [-0.39, 0.29) is 17.5 Å². The fourth-order valence-corrected chi connectivity index (χ4v) is 2.98. The lowest BCUT2D eigenvalue weighted by molar-refractivity contribution is -0.153. The molecule has 1 saturated heterocycles. The molecular formula is C15H20N2O3. The number of rotatable bonds is 3. The highest BCUT2D eigenvalue weighted by Gasteiger charge is 2.43. The summed E-state index contributed by atoms with van der Waals surface area (Å²) in [6.07, 6.45) is 5.61. The van der Waals surface area contributed by atoms with Crippen LogP contribution in [0.2, 0.25) is 0 Å². The van der Waals surface area contributed by atoms with Crippen LogP contribution in [-0.2, 0) is 4.74 Å². The Hall–Kier alpha value is -1.75. The molecule has 1 unspecified atom stereocenters. The van der Waals surface area contributed by atoms with Crippen molar-refractivity contribution >= 4 is 5.84 Å². The number of ether oxygens (including phenoxy) is 2. The van der Waals surface area contributed by atoms with Crippen LogP contribution in [0.4, 0.5) is 0 Å². The van der Waals surface area contributed by atoms with Crippen molar-refractivity contribution in [1.82, 2.24) is 0 Å². The molecule has 1 atom stereocenters. The number of nitrogens with two attached hydrogens (primary N) is 1. The van der Waals surface area contributed by atoms with E-state index in [4.69, 9.17) is 20.4 Å². The molecule has 3 N–H and O–H groups in total. The van der Waals surface area contributed by atoms with Crippen molar-refractivity contribution in [3.8, 4) is 5.75 Å². The summed E-state index contributed by atoms with van der Waals surface area (Å²) in [6.45, 7) is 0.768. The van der Waals surface area contributed by atoms with Gasteiger partial charge in [0.1, 0.15) is 11.9 Å². The lowest BCUT2D eigenvalue weighted by atomic mass is 9.74. The maximum atomic E-state index is 8.71. The lowest BCUT2D eigenvalue weighted by Crippen LogP contribution is -2.48. The van der Waals surface area contributed by atoms with Gasteiger partial charge < -0.3 is 20.4 Å². The zero-order chi connectivity index (χ0) is 14.0. The van der Waals surface area contributed by atoms with E-state index in [1.165, 1.54) is 6.42 Å². The van der Waals surface area contributed by atoms with E-state index < -0.39 is 0 Å². The molecule has 108 valence electrons. The van der Waals surface area contributed by atoms with Crippen LogP contribution < -0.4 is 10.5 Å². The van der Waals surface area contributed by atoms with Gasteiger partial charge in [-0.05, 0) is 31.4 Å². The average Bonchev–Trinajstić information content (AvgIpc) is 2.45. The molecule has 0 amide bonds. The van der Waals surface area contributed by atoms with Gasteiger partial charge >= 0.3 is 0 Å². The second-order valence-electron chi connectivity index (χ2n) is 5.63. The van der Waals surface area contributed by atoms with Crippen molar-refractivity contribution < 1.29 is 14.7 Å². The monoisotopic (exact) mass is 276 g/mol. The molecule has 3 rings (SSSR count). The van der Waals surface area contributed by atoms with E-state index in [2.05, 4.69) is 5.16 Å². The van der Waals surface area contributed by atoms with Crippen molar-refractivity contribution in [2.75, 3.05) is 6.61 Å². The van der Waals surface area contributed by atoms with E-state index >= 15 is 0 Å². The molecule has 1 aliphatic carbocycles. The van der Waals surface area contributed by atoms with Crippen LogP contribution in [0.3, 0.4) is 0 Å². The highest BCUT2D eigenvalue weighted by molar-refractivity contribution is 5.97. The van der Waals surface area contributed by atoms with Gasteiger partial charge in [-0.2, -0.15) is 0 Å². The van der Waals surface area contributed by atoms with Gasteiger partial charge in [0.05, 0.1) is 12.2 Å². The molecule has 0 bridgehead atoms. The summed E-state index contributed by atoms with van der Waals surface area (Å²) in [6, 6.07) is 7.34. The fraction of sp³-hybridized carbons (Fsp3) is 0.533. The van der Waals surface area contributed by atoms with Gasteiger partial charge in [0.25, 0.3) is 0 Å². The molecule has 1 heterocycles. The summed E-state index contributed by atoms with van der Waals surface area (Å²) in [5, 5.41) is 11.7. The standard InChI is InChI=1S/C15H20N2O3/c16-14(17-18)11-3-1-4-12(9-11)20-13-5-8-19-15(10-13)6-2-7-15/h1,3-4,9,13,18H,2,5-8,10H2,(H2,16,17). The minimum absolute atomic E-state index is 0.0755. The minimum atomic E-state index is 0.0755. The van der Waals surface area contributed by atoms with Crippen LogP contribution in [0.5, 0.6) is 5.75 Å². The summed E-state index contributed by atoms with van der Waals surface area (Å²) in [7, 11) is 0.